The van der Waals surface area contributed by atoms with Gasteiger partial charge in [0.25, 0.3) is 0 Å². The van der Waals surface area contributed by atoms with Gasteiger partial charge in [0.15, 0.2) is 12.6 Å². The largest absolute Gasteiger partial charge is 0.459 e. The van der Waals surface area contributed by atoms with E-state index in [0.717, 1.165) is 0 Å². The second-order valence-electron chi connectivity index (χ2n) is 21.6. The summed E-state index contributed by atoms with van der Waals surface area (Å²) < 4.78 is 37.2. The number of nitrogens with zero attached hydrogens (tertiary/aromatic N) is 3. The molecule has 16 nitrogen and oxygen atoms in total. The Balaban J connectivity index is 0.000000832. The molecule has 0 spiro atoms. The van der Waals surface area contributed by atoms with Crippen molar-refractivity contribution in [2.45, 2.75) is 237 Å². The normalized spacial score (nSPS) is 46.4. The quantitative estimate of drug-likeness (QED) is 0.116. The van der Waals surface area contributed by atoms with Gasteiger partial charge in [-0.2, -0.15) is 0 Å². The summed E-state index contributed by atoms with van der Waals surface area (Å²) in [6.07, 6.45) is -5.45. The van der Waals surface area contributed by atoms with E-state index in [1.807, 2.05) is 25.9 Å². The first-order valence-corrected chi connectivity index (χ1v) is 23.3. The van der Waals surface area contributed by atoms with Crippen molar-refractivity contribution in [3.63, 3.8) is 0 Å². The van der Waals surface area contributed by atoms with Crippen LogP contribution in [0, 0.1) is 23.7 Å². The van der Waals surface area contributed by atoms with Gasteiger partial charge < -0.3 is 64.1 Å². The Labute approximate surface area is 378 Å². The van der Waals surface area contributed by atoms with E-state index in [1.165, 1.54) is 33.3 Å². The number of hydrogen-bond donors (Lipinski definition) is 6. The smallest absolute Gasteiger partial charge is 0.311 e. The van der Waals surface area contributed by atoms with E-state index in [1.54, 1.807) is 55.4 Å². The van der Waals surface area contributed by atoms with Crippen LogP contribution in [0.2, 0.25) is 0 Å². The van der Waals surface area contributed by atoms with Crippen molar-refractivity contribution >= 4 is 11.7 Å². The molecule has 4 aliphatic rings. The number of ether oxygens (including phenoxy) is 6. The number of cyclic esters (lactones) is 1. The Hall–Kier alpha value is -1.54. The molecule has 4 rings (SSSR count). The lowest BCUT2D eigenvalue weighted by Crippen LogP contribution is -2.61. The van der Waals surface area contributed by atoms with Gasteiger partial charge >= 0.3 is 5.97 Å². The molecular weight excluding hydrogens is 815 g/mol. The first-order chi connectivity index (χ1) is 28.8. The molecule has 0 unspecified atom stereocenters. The van der Waals surface area contributed by atoms with Gasteiger partial charge in [-0.1, -0.05) is 32.9 Å². The molecule has 6 N–H and O–H groups in total. The molecule has 4 saturated heterocycles. The maximum absolute atomic E-state index is 14.1. The number of methoxy groups -OCH3 is 1. The number of piperidine rings is 1. The molecule has 16 heteroatoms. The molecule has 0 aromatic rings. The molecule has 0 saturated carbocycles. The second-order valence-corrected chi connectivity index (χ2v) is 21.6. The van der Waals surface area contributed by atoms with Gasteiger partial charge in [0.1, 0.15) is 23.9 Å². The molecule has 0 radical (unpaired) electrons. The molecule has 63 heavy (non-hydrogen) atoms. The molecule has 0 aromatic heterocycles. The van der Waals surface area contributed by atoms with Crippen LogP contribution in [0.3, 0.4) is 0 Å². The average molecular weight is 904 g/mol. The summed E-state index contributed by atoms with van der Waals surface area (Å²) in [7, 11) is 7.44. The number of esters is 1. The SMILES string of the molecule is CC[C@H]1OC(=O)[C@H](C)[C@@H](O[C@H]2C[C@@](C)(OC)[C@@H](O)[C@H](C)O2)[C@H](C)[C@@H](O[C@@H]2O[C@H](C)C[C@H](N(C)C)[C@H]2O)[C@](C)(O)C[C@@H](C)/C(=N\O)[C@H](C)[C@@H](O)[C@]1(C)O.CN1C(C)(C)CCCC1(C)C. The number of likely N-dealkylation sites (tertiary alicyclic amines) is 1. The minimum atomic E-state index is -1.97. The van der Waals surface area contributed by atoms with Crippen LogP contribution in [0.1, 0.15) is 142 Å². The zero-order chi connectivity index (χ0) is 48.4. The van der Waals surface area contributed by atoms with Crippen molar-refractivity contribution in [1.82, 2.24) is 9.80 Å². The lowest BCUT2D eigenvalue weighted by molar-refractivity contribution is -0.317. The zero-order valence-corrected chi connectivity index (χ0v) is 42.0. The maximum Gasteiger partial charge on any atom is 0.311 e. The molecule has 0 bridgehead atoms. The minimum Gasteiger partial charge on any atom is -0.459 e. The number of carbonyl (C=O) groups excluding carboxylic acids is 1. The molecule has 0 amide bonds. The molecule has 0 aliphatic carbocycles. The van der Waals surface area contributed by atoms with Crippen LogP contribution in [0.15, 0.2) is 5.16 Å². The third-order valence-corrected chi connectivity index (χ3v) is 15.4. The molecule has 370 valence electrons. The zero-order valence-electron chi connectivity index (χ0n) is 42.0. The molecule has 0 aromatic carbocycles. The Morgan fingerprint density at radius 2 is 1.43 bits per heavy atom. The van der Waals surface area contributed by atoms with Gasteiger partial charge in [-0.25, -0.2) is 0 Å². The van der Waals surface area contributed by atoms with Gasteiger partial charge in [-0.05, 0) is 129 Å². The van der Waals surface area contributed by atoms with Crippen LogP contribution >= 0.6 is 0 Å². The lowest BCUT2D eigenvalue weighted by Gasteiger charge is -2.50. The van der Waals surface area contributed by atoms with E-state index in [2.05, 4.69) is 44.8 Å². The van der Waals surface area contributed by atoms with Crippen LogP contribution in [0.25, 0.3) is 0 Å². The molecule has 4 aliphatic heterocycles. The summed E-state index contributed by atoms with van der Waals surface area (Å²) in [5, 5.41) is 71.8. The monoisotopic (exact) mass is 904 g/mol. The van der Waals surface area contributed by atoms with Crippen LogP contribution in [-0.4, -0.2) is 176 Å². The van der Waals surface area contributed by atoms with E-state index in [-0.39, 0.29) is 37.1 Å². The third kappa shape index (κ3) is 12.7. The van der Waals surface area contributed by atoms with Crippen LogP contribution < -0.4 is 0 Å². The summed E-state index contributed by atoms with van der Waals surface area (Å²) in [5.74, 6) is -4.24. The highest BCUT2D eigenvalue weighted by Gasteiger charge is 2.53. The topological polar surface area (TPSA) is 213 Å². The number of rotatable bonds is 7. The highest BCUT2D eigenvalue weighted by molar-refractivity contribution is 5.88. The standard InChI is InChI=1S/C37H68N2O13.C10H21N/c1-14-25-37(10,45)30(41)20(4)27(38-46)18(2)16-35(8,44)32(52-34-28(40)24(39(11)12)15-19(3)48-34)21(5)29(22(6)33(43)50-25)51-26-17-36(9,47-13)31(42)23(7)49-26;1-9(2)7-6-8-10(3,4)11(9)5/h18-26,28-32,34,40-42,44-46H,14-17H2,1-13H3;6-8H2,1-5H3/b38-27+;/t18-,19-,20+,21+,22-,23+,24+,25-,26+,28-,29+,30-,31+,32-,34+,35-,36-,37-;/m1./s1. The highest BCUT2D eigenvalue weighted by atomic mass is 16.7. The summed E-state index contributed by atoms with van der Waals surface area (Å²) in [6.45, 7) is 26.0. The number of oxime groups is 1. The van der Waals surface area contributed by atoms with Crippen LogP contribution in [0.5, 0.6) is 0 Å². The fourth-order valence-corrected chi connectivity index (χ4v) is 10.7. The molecule has 18 atom stereocenters. The van der Waals surface area contributed by atoms with Crippen molar-refractivity contribution < 1.29 is 64.0 Å². The third-order valence-electron chi connectivity index (χ3n) is 15.4. The number of aliphatic hydroxyl groups is 5. The van der Waals surface area contributed by atoms with E-state index < -0.39 is 102 Å². The predicted molar refractivity (Wildman–Crippen MR) is 240 cm³/mol. The molecule has 4 fully saturated rings. The summed E-state index contributed by atoms with van der Waals surface area (Å²) >= 11 is 0. The van der Waals surface area contributed by atoms with E-state index in [4.69, 9.17) is 28.4 Å². The fraction of sp³-hybridized carbons (Fsp3) is 0.957. The fourth-order valence-electron chi connectivity index (χ4n) is 10.7. The van der Waals surface area contributed by atoms with E-state index in [0.29, 0.717) is 17.5 Å². The Kier molecular flexibility index (Phi) is 19.1. The predicted octanol–water partition coefficient (Wildman–Crippen LogP) is 4.71. The highest BCUT2D eigenvalue weighted by Crippen LogP contribution is 2.41. The van der Waals surface area contributed by atoms with Crippen molar-refractivity contribution in [2.24, 2.45) is 28.8 Å². The second kappa shape index (κ2) is 21.6. The van der Waals surface area contributed by atoms with E-state index >= 15 is 0 Å². The van der Waals surface area contributed by atoms with Crippen molar-refractivity contribution in [2.75, 3.05) is 28.3 Å². The Morgan fingerprint density at radius 3 is 1.92 bits per heavy atom. The van der Waals surface area contributed by atoms with Gasteiger partial charge in [0.2, 0.25) is 0 Å². The summed E-state index contributed by atoms with van der Waals surface area (Å²) in [5.41, 5.74) is -3.87. The number of aliphatic hydroxyl groups excluding tert-OH is 3. The number of carbonyl (C=O) groups is 1. The van der Waals surface area contributed by atoms with Gasteiger partial charge in [0, 0.05) is 48.4 Å². The van der Waals surface area contributed by atoms with Gasteiger partial charge in [-0.15, -0.1) is 0 Å². The molecule has 4 heterocycles. The first kappa shape index (κ1) is 55.8. The van der Waals surface area contributed by atoms with Crippen molar-refractivity contribution in [1.29, 1.82) is 0 Å². The summed E-state index contributed by atoms with van der Waals surface area (Å²) in [6, 6.07) is -0.322. The minimum absolute atomic E-state index is 0.0657. The lowest BCUT2D eigenvalue weighted by atomic mass is 9.73. The Bertz CT molecular complexity index is 1480. The van der Waals surface area contributed by atoms with Crippen molar-refractivity contribution in [3.8, 4) is 0 Å². The van der Waals surface area contributed by atoms with Gasteiger partial charge in [0.05, 0.1) is 53.4 Å². The van der Waals surface area contributed by atoms with Crippen LogP contribution in [-0.2, 0) is 33.2 Å². The first-order valence-electron chi connectivity index (χ1n) is 23.3. The van der Waals surface area contributed by atoms with Gasteiger partial charge in [-0.3, -0.25) is 9.69 Å². The average Bonchev–Trinajstić information content (AvgIpc) is 3.18. The number of likely N-dealkylation sites (N-methyl/N-ethyl adjacent to an activating group) is 1. The molecular formula is C47H89N3O13. The van der Waals surface area contributed by atoms with Crippen LogP contribution in [0.4, 0.5) is 0 Å². The van der Waals surface area contributed by atoms with E-state index in [9.17, 15) is 35.5 Å². The summed E-state index contributed by atoms with van der Waals surface area (Å²) in [4.78, 5) is 18.5. The maximum atomic E-state index is 14.1. The van der Waals surface area contributed by atoms with Crippen molar-refractivity contribution in [3.05, 3.63) is 0 Å². The Morgan fingerprint density at radius 1 is 0.857 bits per heavy atom. The number of hydrogen-bond acceptors (Lipinski definition) is 16.